The predicted octanol–water partition coefficient (Wildman–Crippen LogP) is 2.48. The van der Waals surface area contributed by atoms with E-state index in [0.29, 0.717) is 11.4 Å². The van der Waals surface area contributed by atoms with E-state index in [1.165, 1.54) is 0 Å². The molecule has 0 amide bonds. The number of hydrogen-bond acceptors (Lipinski definition) is 3. The Hall–Kier alpha value is -1.87. The highest BCUT2D eigenvalue weighted by Crippen LogP contribution is 2.28. The van der Waals surface area contributed by atoms with Gasteiger partial charge in [-0.15, -0.1) is 0 Å². The van der Waals surface area contributed by atoms with Crippen LogP contribution in [-0.2, 0) is 0 Å². The highest BCUT2D eigenvalue weighted by molar-refractivity contribution is 5.37. The minimum absolute atomic E-state index is 0.465. The van der Waals surface area contributed by atoms with Gasteiger partial charge in [0.05, 0.1) is 7.11 Å². The summed E-state index contributed by atoms with van der Waals surface area (Å²) in [7, 11) is 1.55. The van der Waals surface area contributed by atoms with E-state index in [-0.39, 0.29) is 0 Å². The van der Waals surface area contributed by atoms with E-state index >= 15 is 0 Å². The van der Waals surface area contributed by atoms with Crippen LogP contribution in [0, 0.1) is 6.92 Å². The molecule has 0 saturated carbocycles. The summed E-state index contributed by atoms with van der Waals surface area (Å²) in [5.74, 6) is 0.465. The standard InChI is InChI=1S/C14H15NO2/c1-10-8-12(14(17-2)15-9-10)13(16)11-6-4-3-5-7-11/h3-9,13,16H,1-2H3. The molecule has 0 spiro atoms. The number of aliphatic hydroxyl groups excluding tert-OH is 1. The summed E-state index contributed by atoms with van der Waals surface area (Å²) in [6.07, 6.45) is 1.01. The molecule has 0 radical (unpaired) electrons. The molecule has 2 rings (SSSR count). The van der Waals surface area contributed by atoms with Gasteiger partial charge in [-0.05, 0) is 24.1 Å². The topological polar surface area (TPSA) is 42.4 Å². The maximum atomic E-state index is 10.3. The van der Waals surface area contributed by atoms with Crippen molar-refractivity contribution in [2.45, 2.75) is 13.0 Å². The number of benzene rings is 1. The van der Waals surface area contributed by atoms with Crippen molar-refractivity contribution in [1.29, 1.82) is 0 Å². The second-order valence-electron chi connectivity index (χ2n) is 3.92. The normalized spacial score (nSPS) is 12.2. The van der Waals surface area contributed by atoms with Crippen molar-refractivity contribution in [1.82, 2.24) is 4.98 Å². The number of aromatic nitrogens is 1. The molecule has 1 unspecified atom stereocenters. The first-order valence-corrected chi connectivity index (χ1v) is 5.46. The molecule has 1 heterocycles. The predicted molar refractivity (Wildman–Crippen MR) is 66.0 cm³/mol. The number of aliphatic hydroxyl groups is 1. The first kappa shape index (κ1) is 11.6. The number of pyridine rings is 1. The van der Waals surface area contributed by atoms with E-state index in [0.717, 1.165) is 11.1 Å². The molecule has 2 aromatic rings. The average molecular weight is 229 g/mol. The second kappa shape index (κ2) is 4.97. The van der Waals surface area contributed by atoms with E-state index in [1.807, 2.05) is 43.3 Å². The Balaban J connectivity index is 2.43. The van der Waals surface area contributed by atoms with E-state index in [1.54, 1.807) is 13.3 Å². The molecule has 0 saturated heterocycles. The lowest BCUT2D eigenvalue weighted by Crippen LogP contribution is -2.04. The molecule has 1 aromatic heterocycles. The highest BCUT2D eigenvalue weighted by atomic mass is 16.5. The van der Waals surface area contributed by atoms with E-state index in [4.69, 9.17) is 4.74 Å². The zero-order valence-corrected chi connectivity index (χ0v) is 9.92. The number of aryl methyl sites for hydroxylation is 1. The largest absolute Gasteiger partial charge is 0.481 e. The fourth-order valence-corrected chi connectivity index (χ4v) is 1.76. The van der Waals surface area contributed by atoms with Crippen LogP contribution >= 0.6 is 0 Å². The minimum atomic E-state index is -0.710. The van der Waals surface area contributed by atoms with E-state index in [2.05, 4.69) is 4.98 Å². The van der Waals surface area contributed by atoms with Crippen LogP contribution in [0.2, 0.25) is 0 Å². The third kappa shape index (κ3) is 2.45. The second-order valence-corrected chi connectivity index (χ2v) is 3.92. The van der Waals surface area contributed by atoms with Gasteiger partial charge in [0.1, 0.15) is 6.10 Å². The maximum absolute atomic E-state index is 10.3. The molecule has 0 bridgehead atoms. The van der Waals surface area contributed by atoms with Gasteiger partial charge in [0.25, 0.3) is 0 Å². The molecule has 1 atom stereocenters. The summed E-state index contributed by atoms with van der Waals surface area (Å²) in [5.41, 5.74) is 2.52. The van der Waals surface area contributed by atoms with E-state index in [9.17, 15) is 5.11 Å². The Morgan fingerprint density at radius 3 is 2.59 bits per heavy atom. The van der Waals surface area contributed by atoms with Crippen LogP contribution in [0.25, 0.3) is 0 Å². The van der Waals surface area contributed by atoms with Crippen molar-refractivity contribution in [3.63, 3.8) is 0 Å². The summed E-state index contributed by atoms with van der Waals surface area (Å²) in [5, 5.41) is 10.3. The van der Waals surface area contributed by atoms with Gasteiger partial charge in [-0.2, -0.15) is 0 Å². The van der Waals surface area contributed by atoms with Gasteiger partial charge in [-0.1, -0.05) is 30.3 Å². The highest BCUT2D eigenvalue weighted by Gasteiger charge is 2.16. The smallest absolute Gasteiger partial charge is 0.219 e. The van der Waals surface area contributed by atoms with Crippen molar-refractivity contribution in [3.05, 3.63) is 59.3 Å². The zero-order valence-electron chi connectivity index (χ0n) is 9.92. The summed E-state index contributed by atoms with van der Waals surface area (Å²) in [4.78, 5) is 4.16. The molecule has 3 nitrogen and oxygen atoms in total. The maximum Gasteiger partial charge on any atom is 0.219 e. The quantitative estimate of drug-likeness (QED) is 0.879. The van der Waals surface area contributed by atoms with Crippen molar-refractivity contribution < 1.29 is 9.84 Å². The summed E-state index contributed by atoms with van der Waals surface area (Å²) in [6.45, 7) is 1.94. The lowest BCUT2D eigenvalue weighted by Gasteiger charge is -2.14. The Kier molecular flexibility index (Phi) is 3.40. The molecule has 17 heavy (non-hydrogen) atoms. The molecular formula is C14H15NO2. The lowest BCUT2D eigenvalue weighted by molar-refractivity contribution is 0.213. The van der Waals surface area contributed by atoms with Gasteiger partial charge in [0, 0.05) is 11.8 Å². The fraction of sp³-hybridized carbons (Fsp3) is 0.214. The monoisotopic (exact) mass is 229 g/mol. The molecule has 3 heteroatoms. The van der Waals surface area contributed by atoms with Crippen LogP contribution in [0.1, 0.15) is 22.8 Å². The van der Waals surface area contributed by atoms with Crippen LogP contribution in [0.4, 0.5) is 0 Å². The molecule has 0 aliphatic carbocycles. The summed E-state index contributed by atoms with van der Waals surface area (Å²) in [6, 6.07) is 11.4. The van der Waals surface area contributed by atoms with E-state index < -0.39 is 6.10 Å². The van der Waals surface area contributed by atoms with Crippen LogP contribution in [0.5, 0.6) is 5.88 Å². The minimum Gasteiger partial charge on any atom is -0.481 e. The number of nitrogens with zero attached hydrogens (tertiary/aromatic N) is 1. The first-order chi connectivity index (χ1) is 8.22. The fourth-order valence-electron chi connectivity index (χ4n) is 1.76. The molecule has 88 valence electrons. The zero-order chi connectivity index (χ0) is 12.3. The van der Waals surface area contributed by atoms with Crippen LogP contribution in [-0.4, -0.2) is 17.2 Å². The molecule has 0 aliphatic heterocycles. The number of rotatable bonds is 3. The van der Waals surface area contributed by atoms with Gasteiger partial charge < -0.3 is 9.84 Å². The van der Waals surface area contributed by atoms with Crippen molar-refractivity contribution in [2.24, 2.45) is 0 Å². The third-order valence-corrected chi connectivity index (χ3v) is 2.62. The van der Waals surface area contributed by atoms with Gasteiger partial charge in [-0.25, -0.2) is 4.98 Å². The molecule has 1 N–H and O–H groups in total. The molecular weight excluding hydrogens is 214 g/mol. The van der Waals surface area contributed by atoms with Crippen molar-refractivity contribution in [3.8, 4) is 5.88 Å². The summed E-state index contributed by atoms with van der Waals surface area (Å²) >= 11 is 0. The van der Waals surface area contributed by atoms with Crippen molar-refractivity contribution >= 4 is 0 Å². The third-order valence-electron chi connectivity index (χ3n) is 2.62. The average Bonchev–Trinajstić information content (AvgIpc) is 2.39. The van der Waals surface area contributed by atoms with Crippen LogP contribution < -0.4 is 4.74 Å². The van der Waals surface area contributed by atoms with Crippen LogP contribution in [0.3, 0.4) is 0 Å². The van der Waals surface area contributed by atoms with Gasteiger partial charge in [0.15, 0.2) is 0 Å². The number of methoxy groups -OCH3 is 1. The van der Waals surface area contributed by atoms with Gasteiger partial charge in [-0.3, -0.25) is 0 Å². The molecule has 1 aromatic carbocycles. The van der Waals surface area contributed by atoms with Gasteiger partial charge >= 0.3 is 0 Å². The van der Waals surface area contributed by atoms with Crippen LogP contribution in [0.15, 0.2) is 42.6 Å². The molecule has 0 aliphatic rings. The Labute approximate surface area is 101 Å². The Morgan fingerprint density at radius 2 is 1.94 bits per heavy atom. The lowest BCUT2D eigenvalue weighted by atomic mass is 10.0. The van der Waals surface area contributed by atoms with Gasteiger partial charge in [0.2, 0.25) is 5.88 Å². The Bertz CT molecular complexity index is 497. The SMILES string of the molecule is COc1ncc(C)cc1C(O)c1ccccc1. The van der Waals surface area contributed by atoms with Crippen molar-refractivity contribution in [2.75, 3.05) is 7.11 Å². The summed E-state index contributed by atoms with van der Waals surface area (Å²) < 4.78 is 5.17. The Morgan fingerprint density at radius 1 is 1.24 bits per heavy atom. The first-order valence-electron chi connectivity index (χ1n) is 5.46. The number of hydrogen-bond donors (Lipinski definition) is 1. The number of ether oxygens (including phenoxy) is 1. The molecule has 0 fully saturated rings.